The molecule has 1 saturated heterocycles. The van der Waals surface area contributed by atoms with Gasteiger partial charge in [0, 0.05) is 55.4 Å². The van der Waals surface area contributed by atoms with Gasteiger partial charge in [0.05, 0.1) is 0 Å². The van der Waals surface area contributed by atoms with E-state index in [0.717, 1.165) is 48.1 Å². The van der Waals surface area contributed by atoms with Crippen LogP contribution in [0.3, 0.4) is 0 Å². The van der Waals surface area contributed by atoms with Crippen LogP contribution in [0.2, 0.25) is 0 Å². The second kappa shape index (κ2) is 8.74. The van der Waals surface area contributed by atoms with Crippen molar-refractivity contribution < 1.29 is 9.15 Å². The summed E-state index contributed by atoms with van der Waals surface area (Å²) in [6.07, 6.45) is 4.25. The molecule has 1 aromatic carbocycles. The van der Waals surface area contributed by atoms with Gasteiger partial charge in [-0.1, -0.05) is 13.0 Å². The molecule has 1 fully saturated rings. The van der Waals surface area contributed by atoms with Gasteiger partial charge in [-0.2, -0.15) is 4.98 Å². The van der Waals surface area contributed by atoms with Gasteiger partial charge in [-0.25, -0.2) is 4.98 Å². The van der Waals surface area contributed by atoms with Crippen molar-refractivity contribution in [3.05, 3.63) is 52.3 Å². The summed E-state index contributed by atoms with van der Waals surface area (Å²) in [4.78, 5) is 22.5. The van der Waals surface area contributed by atoms with Crippen LogP contribution in [0.25, 0.3) is 33.6 Å². The Morgan fingerprint density at radius 1 is 1.15 bits per heavy atom. The molecule has 1 N–H and O–H groups in total. The van der Waals surface area contributed by atoms with Gasteiger partial charge in [-0.3, -0.25) is 9.36 Å². The van der Waals surface area contributed by atoms with Gasteiger partial charge >= 0.3 is 0 Å². The number of hydrogen-bond donors (Lipinski definition) is 1. The minimum absolute atomic E-state index is 0.127. The SMILES string of the molecule is CCc1nnc(-c2ccc(C)c(-c3cc4cnc(NC5CCOCC5)nc4n(C)c3=O)c2)o1. The third kappa shape index (κ3) is 4.11. The first-order valence-corrected chi connectivity index (χ1v) is 11.2. The van der Waals surface area contributed by atoms with E-state index in [0.29, 0.717) is 35.4 Å². The molecule has 9 heteroatoms. The number of nitrogens with one attached hydrogen (secondary N) is 1. The van der Waals surface area contributed by atoms with Crippen molar-refractivity contribution in [1.29, 1.82) is 0 Å². The first-order valence-electron chi connectivity index (χ1n) is 11.2. The number of rotatable bonds is 5. The number of nitrogens with zero attached hydrogens (tertiary/aromatic N) is 5. The summed E-state index contributed by atoms with van der Waals surface area (Å²) in [6, 6.07) is 7.94. The van der Waals surface area contributed by atoms with Crippen LogP contribution in [0.4, 0.5) is 5.95 Å². The van der Waals surface area contributed by atoms with Crippen molar-refractivity contribution in [3.8, 4) is 22.6 Å². The first-order chi connectivity index (χ1) is 16.0. The summed E-state index contributed by atoms with van der Waals surface area (Å²) in [5.41, 5.74) is 3.61. The maximum atomic E-state index is 13.3. The largest absolute Gasteiger partial charge is 0.421 e. The minimum Gasteiger partial charge on any atom is -0.421 e. The standard InChI is InChI=1S/C24H26N6O3/c1-4-20-28-29-22(33-20)15-6-5-14(2)18(11-15)19-12-16-13-25-24(26-17-7-9-32-10-8-17)27-21(16)30(3)23(19)31/h5-6,11-13,17H,4,7-10H2,1-3H3,(H,25,26,27). The minimum atomic E-state index is -0.127. The summed E-state index contributed by atoms with van der Waals surface area (Å²) in [5.74, 6) is 1.55. The Hall–Kier alpha value is -3.59. The van der Waals surface area contributed by atoms with Gasteiger partial charge in [0.1, 0.15) is 5.65 Å². The molecule has 0 spiro atoms. The highest BCUT2D eigenvalue weighted by molar-refractivity contribution is 5.83. The first kappa shape index (κ1) is 21.3. The van der Waals surface area contributed by atoms with Crippen LogP contribution in [-0.2, 0) is 18.2 Å². The van der Waals surface area contributed by atoms with E-state index in [1.807, 2.05) is 38.1 Å². The third-order valence-corrected chi connectivity index (χ3v) is 6.05. The lowest BCUT2D eigenvalue weighted by Gasteiger charge is -2.23. The summed E-state index contributed by atoms with van der Waals surface area (Å²) >= 11 is 0. The fourth-order valence-corrected chi connectivity index (χ4v) is 4.09. The molecule has 0 radical (unpaired) electrons. The molecule has 170 valence electrons. The molecule has 0 saturated carbocycles. The molecule has 0 aliphatic carbocycles. The molecule has 0 amide bonds. The zero-order valence-electron chi connectivity index (χ0n) is 19.0. The van der Waals surface area contributed by atoms with Gasteiger partial charge in [0.15, 0.2) is 0 Å². The average Bonchev–Trinajstić information content (AvgIpc) is 3.32. The molecule has 1 aliphatic rings. The molecule has 33 heavy (non-hydrogen) atoms. The number of aryl methyl sites for hydroxylation is 3. The predicted octanol–water partition coefficient (Wildman–Crippen LogP) is 3.51. The van der Waals surface area contributed by atoms with E-state index in [9.17, 15) is 4.79 Å². The van der Waals surface area contributed by atoms with Crippen molar-refractivity contribution in [2.75, 3.05) is 18.5 Å². The van der Waals surface area contributed by atoms with E-state index in [1.54, 1.807) is 17.8 Å². The summed E-state index contributed by atoms with van der Waals surface area (Å²) in [6.45, 7) is 5.40. The van der Waals surface area contributed by atoms with Crippen LogP contribution in [0, 0.1) is 6.92 Å². The number of pyridine rings is 1. The van der Waals surface area contributed by atoms with E-state index in [2.05, 4.69) is 25.5 Å². The molecule has 0 unspecified atom stereocenters. The van der Waals surface area contributed by atoms with Crippen LogP contribution in [0.5, 0.6) is 0 Å². The zero-order chi connectivity index (χ0) is 22.9. The zero-order valence-corrected chi connectivity index (χ0v) is 19.0. The number of benzene rings is 1. The second-order valence-electron chi connectivity index (χ2n) is 8.31. The number of anilines is 1. The lowest BCUT2D eigenvalue weighted by atomic mass is 9.98. The van der Waals surface area contributed by atoms with E-state index in [4.69, 9.17) is 9.15 Å². The van der Waals surface area contributed by atoms with E-state index in [-0.39, 0.29) is 11.6 Å². The maximum Gasteiger partial charge on any atom is 0.259 e. The molecule has 0 bridgehead atoms. The van der Waals surface area contributed by atoms with Crippen molar-refractivity contribution in [3.63, 3.8) is 0 Å². The molecule has 1 aliphatic heterocycles. The van der Waals surface area contributed by atoms with Crippen LogP contribution >= 0.6 is 0 Å². The van der Waals surface area contributed by atoms with Crippen molar-refractivity contribution in [2.45, 2.75) is 39.2 Å². The highest BCUT2D eigenvalue weighted by Gasteiger charge is 2.18. The summed E-state index contributed by atoms with van der Waals surface area (Å²) in [5, 5.41) is 12.3. The van der Waals surface area contributed by atoms with Crippen molar-refractivity contribution in [1.82, 2.24) is 24.7 Å². The van der Waals surface area contributed by atoms with Crippen LogP contribution in [-0.4, -0.2) is 44.0 Å². The lowest BCUT2D eigenvalue weighted by molar-refractivity contribution is 0.0903. The van der Waals surface area contributed by atoms with Gasteiger partial charge in [0.25, 0.3) is 5.56 Å². The van der Waals surface area contributed by atoms with Crippen molar-refractivity contribution in [2.24, 2.45) is 7.05 Å². The Labute approximate surface area is 190 Å². The molecular weight excluding hydrogens is 420 g/mol. The smallest absolute Gasteiger partial charge is 0.259 e. The normalized spacial score (nSPS) is 14.6. The Bertz CT molecular complexity index is 1370. The van der Waals surface area contributed by atoms with Gasteiger partial charge in [-0.05, 0) is 49.1 Å². The van der Waals surface area contributed by atoms with Gasteiger partial charge in [-0.15, -0.1) is 10.2 Å². The average molecular weight is 447 g/mol. The summed E-state index contributed by atoms with van der Waals surface area (Å²) in [7, 11) is 1.74. The molecule has 0 atom stereocenters. The molecule has 3 aromatic heterocycles. The molecule has 4 aromatic rings. The molecule has 4 heterocycles. The molecule has 5 rings (SSSR count). The van der Waals surface area contributed by atoms with Crippen LogP contribution in [0.15, 0.2) is 39.7 Å². The highest BCUT2D eigenvalue weighted by Crippen LogP contribution is 2.29. The fourth-order valence-electron chi connectivity index (χ4n) is 4.09. The van der Waals surface area contributed by atoms with Crippen LogP contribution in [0.1, 0.15) is 31.2 Å². The topological polar surface area (TPSA) is 108 Å². The van der Waals surface area contributed by atoms with Gasteiger partial charge in [0.2, 0.25) is 17.7 Å². The summed E-state index contributed by atoms with van der Waals surface area (Å²) < 4.78 is 12.7. The Morgan fingerprint density at radius 3 is 2.73 bits per heavy atom. The number of fused-ring (bicyclic) bond motifs is 1. The monoisotopic (exact) mass is 446 g/mol. The number of hydrogen-bond acceptors (Lipinski definition) is 8. The van der Waals surface area contributed by atoms with E-state index >= 15 is 0 Å². The lowest BCUT2D eigenvalue weighted by Crippen LogP contribution is -2.29. The molecule has 9 nitrogen and oxygen atoms in total. The third-order valence-electron chi connectivity index (χ3n) is 6.05. The fraction of sp³-hybridized carbons (Fsp3) is 0.375. The quantitative estimate of drug-likeness (QED) is 0.496. The second-order valence-corrected chi connectivity index (χ2v) is 8.31. The molecular formula is C24H26N6O3. The number of ether oxygens (including phenoxy) is 1. The van der Waals surface area contributed by atoms with Crippen LogP contribution < -0.4 is 10.9 Å². The number of aromatic nitrogens is 5. The van der Waals surface area contributed by atoms with E-state index < -0.39 is 0 Å². The Kier molecular flexibility index (Phi) is 5.63. The maximum absolute atomic E-state index is 13.3. The Balaban J connectivity index is 1.54. The van der Waals surface area contributed by atoms with Crippen molar-refractivity contribution >= 4 is 17.0 Å². The highest BCUT2D eigenvalue weighted by atomic mass is 16.5. The predicted molar refractivity (Wildman–Crippen MR) is 125 cm³/mol. The van der Waals surface area contributed by atoms with Gasteiger partial charge < -0.3 is 14.5 Å². The Morgan fingerprint density at radius 2 is 1.97 bits per heavy atom. The van der Waals surface area contributed by atoms with E-state index in [1.165, 1.54) is 0 Å².